The highest BCUT2D eigenvalue weighted by Gasteiger charge is 2.31. The first-order valence-electron chi connectivity index (χ1n) is 8.78. The second-order valence-corrected chi connectivity index (χ2v) is 9.69. The molecule has 0 unspecified atom stereocenters. The highest BCUT2D eigenvalue weighted by molar-refractivity contribution is 9.10. The number of halogens is 1. The summed E-state index contributed by atoms with van der Waals surface area (Å²) in [6.07, 6.45) is 1.86. The van der Waals surface area contributed by atoms with Crippen molar-refractivity contribution in [2.45, 2.75) is 57.2 Å². The third-order valence-corrected chi connectivity index (χ3v) is 6.53. The summed E-state index contributed by atoms with van der Waals surface area (Å²) in [5.41, 5.74) is 3.55. The fourth-order valence-corrected chi connectivity index (χ4v) is 5.33. The molecule has 0 N–H and O–H groups in total. The van der Waals surface area contributed by atoms with E-state index in [-0.39, 0.29) is 6.09 Å². The Morgan fingerprint density at radius 1 is 1.28 bits per heavy atom. The van der Waals surface area contributed by atoms with Crippen molar-refractivity contribution in [2.75, 3.05) is 12.3 Å². The minimum atomic E-state index is -0.462. The number of carbonyl (C=O) groups excluding carboxylic acids is 1. The predicted octanol–water partition coefficient (Wildman–Crippen LogP) is 5.19. The van der Waals surface area contributed by atoms with Crippen molar-refractivity contribution >= 4 is 44.7 Å². The minimum Gasteiger partial charge on any atom is -0.444 e. The van der Waals surface area contributed by atoms with Crippen LogP contribution < -0.4 is 0 Å². The van der Waals surface area contributed by atoms with Crippen molar-refractivity contribution in [3.05, 3.63) is 27.9 Å². The van der Waals surface area contributed by atoms with E-state index in [0.717, 1.165) is 29.7 Å². The maximum atomic E-state index is 12.5. The largest absolute Gasteiger partial charge is 0.444 e. The Morgan fingerprint density at radius 2 is 2.08 bits per heavy atom. The number of aromatic nitrogens is 1. The summed E-state index contributed by atoms with van der Waals surface area (Å²) in [6, 6.07) is 4.36. The van der Waals surface area contributed by atoms with Gasteiger partial charge in [0.1, 0.15) is 5.60 Å². The van der Waals surface area contributed by atoms with Crippen molar-refractivity contribution in [1.29, 1.82) is 0 Å². The standard InChI is InChI=1S/C19H23BrN2O2S/c1-19(2,3)24-18(23)21-9-7-14-12(11-21)16-13(20)5-6-15-17(16)22(14)8-4-10-25-15/h5-6H,4,7-11H2,1-3H3. The lowest BCUT2D eigenvalue weighted by Crippen LogP contribution is -2.40. The van der Waals surface area contributed by atoms with Gasteiger partial charge in [-0.1, -0.05) is 15.9 Å². The maximum Gasteiger partial charge on any atom is 0.410 e. The Balaban J connectivity index is 1.78. The second kappa shape index (κ2) is 6.23. The van der Waals surface area contributed by atoms with E-state index in [0.29, 0.717) is 6.54 Å². The molecule has 2 aliphatic rings. The number of rotatable bonds is 0. The summed E-state index contributed by atoms with van der Waals surface area (Å²) in [6.45, 7) is 8.15. The Bertz CT molecular complexity index is 853. The van der Waals surface area contributed by atoms with E-state index in [2.05, 4.69) is 32.6 Å². The van der Waals surface area contributed by atoms with E-state index in [4.69, 9.17) is 4.74 Å². The van der Waals surface area contributed by atoms with E-state index < -0.39 is 5.60 Å². The summed E-state index contributed by atoms with van der Waals surface area (Å²) in [5, 5.41) is 1.27. The fourth-order valence-electron chi connectivity index (χ4n) is 3.76. The molecule has 3 heterocycles. The van der Waals surface area contributed by atoms with Crippen LogP contribution in [0.5, 0.6) is 0 Å². The van der Waals surface area contributed by atoms with Gasteiger partial charge in [-0.3, -0.25) is 0 Å². The highest BCUT2D eigenvalue weighted by atomic mass is 79.9. The van der Waals surface area contributed by atoms with Crippen molar-refractivity contribution in [2.24, 2.45) is 0 Å². The van der Waals surface area contributed by atoms with Gasteiger partial charge in [0.25, 0.3) is 0 Å². The van der Waals surface area contributed by atoms with Crippen molar-refractivity contribution in [3.8, 4) is 0 Å². The van der Waals surface area contributed by atoms with E-state index in [1.54, 1.807) is 0 Å². The molecule has 2 aromatic rings. The number of ether oxygens (including phenoxy) is 1. The predicted molar refractivity (Wildman–Crippen MR) is 105 cm³/mol. The van der Waals surface area contributed by atoms with Gasteiger partial charge in [-0.25, -0.2) is 4.79 Å². The number of benzene rings is 1. The normalized spacial score (nSPS) is 17.4. The third kappa shape index (κ3) is 3.08. The molecule has 0 saturated carbocycles. The summed E-state index contributed by atoms with van der Waals surface area (Å²) < 4.78 is 9.21. The second-order valence-electron chi connectivity index (χ2n) is 7.70. The number of thioether (sulfide) groups is 1. The first-order chi connectivity index (χ1) is 11.8. The molecule has 0 aliphatic carbocycles. The lowest BCUT2D eigenvalue weighted by Gasteiger charge is -2.30. The van der Waals surface area contributed by atoms with Gasteiger partial charge in [-0.05, 0) is 45.1 Å². The van der Waals surface area contributed by atoms with Crippen molar-refractivity contribution in [3.63, 3.8) is 0 Å². The number of amides is 1. The molecule has 4 rings (SSSR count). The monoisotopic (exact) mass is 422 g/mol. The number of nitrogens with zero attached hydrogens (tertiary/aromatic N) is 2. The molecule has 2 aliphatic heterocycles. The van der Waals surface area contributed by atoms with E-state index in [9.17, 15) is 4.79 Å². The number of fused-ring (bicyclic) bond motifs is 3. The van der Waals surface area contributed by atoms with Crippen LogP contribution in [-0.4, -0.2) is 33.5 Å². The van der Waals surface area contributed by atoms with Gasteiger partial charge in [0.05, 0.1) is 12.1 Å². The number of hydrogen-bond donors (Lipinski definition) is 0. The van der Waals surface area contributed by atoms with Gasteiger partial charge < -0.3 is 14.2 Å². The summed E-state index contributed by atoms with van der Waals surface area (Å²) in [4.78, 5) is 15.7. The SMILES string of the molecule is CC(C)(C)OC(=O)N1CCc2c(c3c(Br)ccc4c3n2CCCS4)C1. The lowest BCUT2D eigenvalue weighted by molar-refractivity contribution is 0.0223. The van der Waals surface area contributed by atoms with Crippen LogP contribution in [0.15, 0.2) is 21.5 Å². The molecule has 4 nitrogen and oxygen atoms in total. The molecule has 134 valence electrons. The van der Waals surface area contributed by atoms with Crippen LogP contribution in [0.2, 0.25) is 0 Å². The van der Waals surface area contributed by atoms with Crippen LogP contribution in [0, 0.1) is 0 Å². The molecule has 1 amide bonds. The Morgan fingerprint density at radius 3 is 2.84 bits per heavy atom. The molecule has 6 heteroatoms. The van der Waals surface area contributed by atoms with Crippen LogP contribution in [0.1, 0.15) is 38.4 Å². The van der Waals surface area contributed by atoms with Crippen LogP contribution >= 0.6 is 27.7 Å². The van der Waals surface area contributed by atoms with Crippen LogP contribution in [0.4, 0.5) is 4.79 Å². The first-order valence-corrected chi connectivity index (χ1v) is 10.6. The molecule has 0 atom stereocenters. The number of aryl methyl sites for hydroxylation is 1. The van der Waals surface area contributed by atoms with E-state index in [1.165, 1.54) is 33.5 Å². The molecule has 25 heavy (non-hydrogen) atoms. The minimum absolute atomic E-state index is 0.215. The molecule has 0 spiro atoms. The third-order valence-electron chi connectivity index (χ3n) is 4.74. The van der Waals surface area contributed by atoms with Gasteiger partial charge in [-0.2, -0.15) is 0 Å². The number of carbonyl (C=O) groups is 1. The maximum absolute atomic E-state index is 12.5. The summed E-state index contributed by atoms with van der Waals surface area (Å²) >= 11 is 5.69. The zero-order valence-electron chi connectivity index (χ0n) is 14.9. The lowest BCUT2D eigenvalue weighted by atomic mass is 10.0. The molecular formula is C19H23BrN2O2S. The number of hydrogen-bond acceptors (Lipinski definition) is 3. The van der Waals surface area contributed by atoms with Crippen molar-refractivity contribution < 1.29 is 9.53 Å². The fraction of sp³-hybridized carbons (Fsp3) is 0.526. The molecule has 0 saturated heterocycles. The Hall–Kier alpha value is -1.14. The molecule has 0 fully saturated rings. The average molecular weight is 423 g/mol. The van der Waals surface area contributed by atoms with E-state index in [1.807, 2.05) is 37.4 Å². The van der Waals surface area contributed by atoms with Crippen LogP contribution in [0.25, 0.3) is 10.9 Å². The van der Waals surface area contributed by atoms with Crippen LogP contribution in [-0.2, 0) is 24.2 Å². The topological polar surface area (TPSA) is 34.5 Å². The quantitative estimate of drug-likeness (QED) is 0.585. The zero-order chi connectivity index (χ0) is 17.8. The van der Waals surface area contributed by atoms with Gasteiger partial charge in [0.15, 0.2) is 0 Å². The highest BCUT2D eigenvalue weighted by Crippen LogP contribution is 2.42. The first kappa shape index (κ1) is 17.3. The Kier molecular flexibility index (Phi) is 4.31. The zero-order valence-corrected chi connectivity index (χ0v) is 17.3. The average Bonchev–Trinajstić information content (AvgIpc) is 2.71. The molecule has 1 aromatic heterocycles. The molecular weight excluding hydrogens is 400 g/mol. The van der Waals surface area contributed by atoms with Gasteiger partial charge >= 0.3 is 6.09 Å². The summed E-state index contributed by atoms with van der Waals surface area (Å²) in [5.74, 6) is 1.16. The van der Waals surface area contributed by atoms with Gasteiger partial charge in [0.2, 0.25) is 0 Å². The van der Waals surface area contributed by atoms with E-state index >= 15 is 0 Å². The van der Waals surface area contributed by atoms with Gasteiger partial charge in [-0.15, -0.1) is 11.8 Å². The molecule has 0 radical (unpaired) electrons. The van der Waals surface area contributed by atoms with Gasteiger partial charge in [0, 0.05) is 45.5 Å². The van der Waals surface area contributed by atoms with Crippen molar-refractivity contribution in [1.82, 2.24) is 9.47 Å². The van der Waals surface area contributed by atoms with Crippen LogP contribution in [0.3, 0.4) is 0 Å². The molecule has 1 aromatic carbocycles. The molecule has 0 bridgehead atoms. The smallest absolute Gasteiger partial charge is 0.410 e. The Labute approximate surface area is 161 Å². The summed E-state index contributed by atoms with van der Waals surface area (Å²) in [7, 11) is 0.